The van der Waals surface area contributed by atoms with Crippen LogP contribution in [-0.4, -0.2) is 0 Å². The molecule has 2 heteroatoms. The molecular weight excluding hydrogens is 667 g/mol. The van der Waals surface area contributed by atoms with Crippen LogP contribution in [-0.2, 0) is 5.41 Å². The Hall–Kier alpha value is -6.38. The maximum atomic E-state index is 6.98. The van der Waals surface area contributed by atoms with Crippen molar-refractivity contribution >= 4 is 54.7 Å². The number of rotatable bonds is 5. The lowest BCUT2D eigenvalue weighted by Crippen LogP contribution is -2.25. The van der Waals surface area contributed by atoms with Crippen molar-refractivity contribution in [2.24, 2.45) is 0 Å². The first kappa shape index (κ1) is 32.1. The molecule has 55 heavy (non-hydrogen) atoms. The van der Waals surface area contributed by atoms with Crippen LogP contribution in [0.5, 0.6) is 0 Å². The van der Waals surface area contributed by atoms with Gasteiger partial charge in [-0.15, -0.1) is 0 Å². The van der Waals surface area contributed by atoms with Gasteiger partial charge in [-0.25, -0.2) is 0 Å². The second-order valence-electron chi connectivity index (χ2n) is 15.9. The van der Waals surface area contributed by atoms with Crippen molar-refractivity contribution in [1.82, 2.24) is 0 Å². The van der Waals surface area contributed by atoms with Gasteiger partial charge in [0.25, 0.3) is 0 Å². The van der Waals surface area contributed by atoms with E-state index in [0.29, 0.717) is 0 Å². The number of benzene rings is 7. The van der Waals surface area contributed by atoms with Gasteiger partial charge in [0.05, 0.1) is 5.69 Å². The van der Waals surface area contributed by atoms with Gasteiger partial charge in [0.15, 0.2) is 0 Å². The zero-order valence-corrected chi connectivity index (χ0v) is 31.2. The third kappa shape index (κ3) is 4.87. The van der Waals surface area contributed by atoms with Crippen molar-refractivity contribution in [3.63, 3.8) is 0 Å². The minimum Gasteiger partial charge on any atom is -0.455 e. The summed E-state index contributed by atoms with van der Waals surface area (Å²) in [7, 11) is 0. The SMILES string of the molecule is CC1(C)c2ccccc2-c2c(N(C3=CC(c4cccc5ccccc45)CC=C3)C3=C(c4cccc5c4oc4c6ccccc6ccc54)C=CCC3)cccc21. The monoisotopic (exact) mass is 707 g/mol. The number of anilines is 1. The molecule has 0 saturated heterocycles. The summed E-state index contributed by atoms with van der Waals surface area (Å²) in [6.07, 6.45) is 14.8. The number of furan rings is 1. The van der Waals surface area contributed by atoms with Crippen molar-refractivity contribution in [3.8, 4) is 11.1 Å². The van der Waals surface area contributed by atoms with Gasteiger partial charge in [-0.1, -0.05) is 166 Å². The Balaban J connectivity index is 1.18. The Morgan fingerprint density at radius 3 is 2.18 bits per heavy atom. The van der Waals surface area contributed by atoms with E-state index in [2.05, 4.69) is 189 Å². The summed E-state index contributed by atoms with van der Waals surface area (Å²) in [5.74, 6) is 0.240. The molecule has 0 aliphatic heterocycles. The molecule has 0 amide bonds. The molecule has 0 saturated carbocycles. The summed E-state index contributed by atoms with van der Waals surface area (Å²) in [6.45, 7) is 4.75. The van der Waals surface area contributed by atoms with Gasteiger partial charge >= 0.3 is 0 Å². The van der Waals surface area contributed by atoms with Crippen molar-refractivity contribution in [1.29, 1.82) is 0 Å². The Labute approximate surface area is 322 Å². The summed E-state index contributed by atoms with van der Waals surface area (Å²) in [6, 6.07) is 51.2. The quantitative estimate of drug-likeness (QED) is 0.177. The number of fused-ring (bicyclic) bond motifs is 9. The van der Waals surface area contributed by atoms with E-state index in [4.69, 9.17) is 4.42 Å². The molecule has 1 heterocycles. The minimum atomic E-state index is -0.109. The largest absolute Gasteiger partial charge is 0.455 e. The highest BCUT2D eigenvalue weighted by Gasteiger charge is 2.38. The van der Waals surface area contributed by atoms with Gasteiger partial charge in [-0.3, -0.25) is 0 Å². The second kappa shape index (κ2) is 12.3. The second-order valence-corrected chi connectivity index (χ2v) is 15.9. The summed E-state index contributed by atoms with van der Waals surface area (Å²) in [5, 5.41) is 7.26. The van der Waals surface area contributed by atoms with Crippen LogP contribution in [0.25, 0.3) is 60.2 Å². The van der Waals surface area contributed by atoms with Gasteiger partial charge in [0.1, 0.15) is 11.2 Å². The lowest BCUT2D eigenvalue weighted by molar-refractivity contribution is 0.660. The van der Waals surface area contributed by atoms with Crippen LogP contribution in [0.3, 0.4) is 0 Å². The van der Waals surface area contributed by atoms with Gasteiger partial charge < -0.3 is 9.32 Å². The summed E-state index contributed by atoms with van der Waals surface area (Å²) < 4.78 is 6.98. The molecule has 0 fully saturated rings. The molecule has 1 aromatic heterocycles. The predicted molar refractivity (Wildman–Crippen MR) is 232 cm³/mol. The van der Waals surface area contributed by atoms with Gasteiger partial charge in [-0.2, -0.15) is 0 Å². The summed E-state index contributed by atoms with van der Waals surface area (Å²) in [5.41, 5.74) is 14.7. The third-order valence-electron chi connectivity index (χ3n) is 12.5. The first-order valence-corrected chi connectivity index (χ1v) is 19.7. The molecule has 264 valence electrons. The maximum Gasteiger partial charge on any atom is 0.143 e. The highest BCUT2D eigenvalue weighted by atomic mass is 16.3. The van der Waals surface area contributed by atoms with E-state index in [1.165, 1.54) is 66.6 Å². The Bertz CT molecular complexity index is 3000. The fourth-order valence-corrected chi connectivity index (χ4v) is 9.83. The maximum absolute atomic E-state index is 6.98. The van der Waals surface area contributed by atoms with Crippen LogP contribution in [0.1, 0.15) is 61.3 Å². The molecule has 11 rings (SSSR count). The van der Waals surface area contributed by atoms with E-state index in [-0.39, 0.29) is 11.3 Å². The van der Waals surface area contributed by atoms with Crippen LogP contribution in [0.2, 0.25) is 0 Å². The average molecular weight is 708 g/mol. The number of allylic oxidation sites excluding steroid dienone is 7. The van der Waals surface area contributed by atoms with Crippen molar-refractivity contribution < 1.29 is 4.42 Å². The standard InChI is InChI=1S/C53H41NO/c1-53(2)46-27-9-7-23-45(46)50-47(53)28-14-30-49(50)54(37-19-11-18-36(33-37)39-24-12-17-34-15-3-5-20-38(34)39)48-29-10-8-22-41(48)42-25-13-26-43-44-32-31-35-16-4-6-21-40(35)51(44)55-52(42)43/h3-9,11-17,19-28,30-33,36H,10,18,29H2,1-2H3. The molecular formula is C53H41NO. The van der Waals surface area contributed by atoms with Crippen LogP contribution >= 0.6 is 0 Å². The van der Waals surface area contributed by atoms with E-state index < -0.39 is 0 Å². The van der Waals surface area contributed by atoms with Gasteiger partial charge in [0, 0.05) is 55.6 Å². The van der Waals surface area contributed by atoms with Crippen LogP contribution < -0.4 is 4.90 Å². The number of hydrogen-bond donors (Lipinski definition) is 0. The van der Waals surface area contributed by atoms with E-state index in [1.54, 1.807) is 0 Å². The lowest BCUT2D eigenvalue weighted by atomic mass is 9.82. The summed E-state index contributed by atoms with van der Waals surface area (Å²) >= 11 is 0. The van der Waals surface area contributed by atoms with Crippen LogP contribution in [0.4, 0.5) is 5.69 Å². The Kier molecular flexibility index (Phi) is 7.19. The van der Waals surface area contributed by atoms with Crippen molar-refractivity contribution in [3.05, 3.63) is 204 Å². The van der Waals surface area contributed by atoms with Crippen molar-refractivity contribution in [2.75, 3.05) is 4.90 Å². The Morgan fingerprint density at radius 2 is 1.27 bits per heavy atom. The first-order chi connectivity index (χ1) is 27.1. The molecule has 1 atom stereocenters. The Morgan fingerprint density at radius 1 is 0.582 bits per heavy atom. The highest BCUT2D eigenvalue weighted by molar-refractivity contribution is 6.17. The number of hydrogen-bond acceptors (Lipinski definition) is 2. The van der Waals surface area contributed by atoms with E-state index in [9.17, 15) is 0 Å². The molecule has 3 aliphatic carbocycles. The van der Waals surface area contributed by atoms with E-state index >= 15 is 0 Å². The van der Waals surface area contributed by atoms with E-state index in [0.717, 1.165) is 52.2 Å². The molecule has 7 aromatic carbocycles. The molecule has 1 unspecified atom stereocenters. The molecule has 2 nitrogen and oxygen atoms in total. The average Bonchev–Trinajstić information content (AvgIpc) is 3.74. The number of nitrogens with zero attached hydrogens (tertiary/aromatic N) is 1. The minimum absolute atomic E-state index is 0.109. The fourth-order valence-electron chi connectivity index (χ4n) is 9.83. The molecule has 3 aliphatic rings. The molecule has 0 N–H and O–H groups in total. The van der Waals surface area contributed by atoms with Crippen LogP contribution in [0, 0.1) is 0 Å². The zero-order valence-electron chi connectivity index (χ0n) is 31.2. The highest BCUT2D eigenvalue weighted by Crippen LogP contribution is 2.54. The van der Waals surface area contributed by atoms with Crippen LogP contribution in [0.15, 0.2) is 186 Å². The third-order valence-corrected chi connectivity index (χ3v) is 12.5. The normalized spacial score (nSPS) is 17.3. The van der Waals surface area contributed by atoms with E-state index in [1.807, 2.05) is 0 Å². The molecule has 0 radical (unpaired) electrons. The predicted octanol–water partition coefficient (Wildman–Crippen LogP) is 14.4. The smallest absolute Gasteiger partial charge is 0.143 e. The molecule has 0 bridgehead atoms. The topological polar surface area (TPSA) is 16.4 Å². The zero-order chi connectivity index (χ0) is 36.7. The molecule has 8 aromatic rings. The lowest BCUT2D eigenvalue weighted by Gasteiger charge is -2.35. The first-order valence-electron chi connectivity index (χ1n) is 19.7. The number of para-hydroxylation sites is 1. The fraction of sp³-hybridized carbons (Fsp3) is 0.132. The summed E-state index contributed by atoms with van der Waals surface area (Å²) in [4.78, 5) is 2.61. The van der Waals surface area contributed by atoms with Gasteiger partial charge in [0.2, 0.25) is 0 Å². The van der Waals surface area contributed by atoms with Crippen molar-refractivity contribution in [2.45, 2.75) is 44.4 Å². The van der Waals surface area contributed by atoms with Gasteiger partial charge in [-0.05, 0) is 75.9 Å². The molecule has 0 spiro atoms.